The number of nitrogens with zero attached hydrogens (tertiary/aromatic N) is 2. The van der Waals surface area contributed by atoms with Crippen molar-refractivity contribution in [2.75, 3.05) is 0 Å². The van der Waals surface area contributed by atoms with Crippen LogP contribution in [0.2, 0.25) is 0 Å². The van der Waals surface area contributed by atoms with Crippen LogP contribution in [0.25, 0.3) is 11.0 Å². The number of carbonyl (C=O) groups excluding carboxylic acids is 1. The van der Waals surface area contributed by atoms with Crippen LogP contribution in [-0.2, 0) is 0 Å². The van der Waals surface area contributed by atoms with Gasteiger partial charge in [-0.25, -0.2) is 4.98 Å². The largest absolute Gasteiger partial charge is 0.340 e. The van der Waals surface area contributed by atoms with Crippen LogP contribution >= 0.6 is 0 Å². The molecule has 4 heteroatoms. The number of hydrogen-bond acceptors (Lipinski definition) is 3. The van der Waals surface area contributed by atoms with Gasteiger partial charge >= 0.3 is 0 Å². The summed E-state index contributed by atoms with van der Waals surface area (Å²) < 4.78 is 0. The number of para-hydroxylation sites is 2. The highest BCUT2D eigenvalue weighted by molar-refractivity contribution is 6.02. The molecule has 0 unspecified atom stereocenters. The lowest BCUT2D eigenvalue weighted by Crippen LogP contribution is -2.12. The number of carbonyl (C=O) groups is 1. The summed E-state index contributed by atoms with van der Waals surface area (Å²) in [4.78, 5) is 19.7. The predicted molar refractivity (Wildman–Crippen MR) is 75.2 cm³/mol. The van der Waals surface area contributed by atoms with Crippen LogP contribution in [0.4, 0.5) is 0 Å². The zero-order chi connectivity index (χ0) is 13.9. The molecule has 0 saturated carbocycles. The Kier molecular flexibility index (Phi) is 3.02. The van der Waals surface area contributed by atoms with Gasteiger partial charge in [0.25, 0.3) is 0 Å². The predicted octanol–water partition coefficient (Wildman–Crippen LogP) is 3.05. The van der Waals surface area contributed by atoms with E-state index in [1.165, 1.54) is 0 Å². The molecule has 3 aromatic rings. The molecule has 1 heterocycles. The third-order valence-electron chi connectivity index (χ3n) is 3.13. The first-order valence-electron chi connectivity index (χ1n) is 6.23. The van der Waals surface area contributed by atoms with Crippen LogP contribution < -0.4 is 0 Å². The number of Topliss-reactive ketones (excluding diaryl/α,β-unsaturated/α-hetero) is 1. The maximum absolute atomic E-state index is 12.4. The molecular formula is C16H11N3O. The molecule has 4 nitrogen and oxygen atoms in total. The lowest BCUT2D eigenvalue weighted by atomic mass is 9.98. The van der Waals surface area contributed by atoms with Crippen molar-refractivity contribution in [2.24, 2.45) is 0 Å². The van der Waals surface area contributed by atoms with Crippen LogP contribution in [0, 0.1) is 11.3 Å². The summed E-state index contributed by atoms with van der Waals surface area (Å²) in [6.45, 7) is 0. The van der Waals surface area contributed by atoms with Crippen LogP contribution in [-0.4, -0.2) is 15.8 Å². The average molecular weight is 261 g/mol. The molecule has 20 heavy (non-hydrogen) atoms. The van der Waals surface area contributed by atoms with Gasteiger partial charge in [-0.15, -0.1) is 0 Å². The summed E-state index contributed by atoms with van der Waals surface area (Å²) in [5, 5.41) is 9.31. The average Bonchev–Trinajstić information content (AvgIpc) is 2.92. The molecule has 0 aliphatic rings. The van der Waals surface area contributed by atoms with Gasteiger partial charge < -0.3 is 4.98 Å². The Morgan fingerprint density at radius 1 is 1.10 bits per heavy atom. The second kappa shape index (κ2) is 4.98. The zero-order valence-corrected chi connectivity index (χ0v) is 10.6. The summed E-state index contributed by atoms with van der Waals surface area (Å²) >= 11 is 0. The van der Waals surface area contributed by atoms with Crippen molar-refractivity contribution >= 4 is 16.8 Å². The van der Waals surface area contributed by atoms with Gasteiger partial charge in [0.15, 0.2) is 11.7 Å². The first-order valence-corrected chi connectivity index (χ1v) is 6.23. The summed E-state index contributed by atoms with van der Waals surface area (Å²) in [5.74, 6) is -0.764. The van der Waals surface area contributed by atoms with Crippen molar-refractivity contribution in [3.05, 3.63) is 66.0 Å². The van der Waals surface area contributed by atoms with E-state index < -0.39 is 5.92 Å². The molecule has 3 rings (SSSR count). The number of nitrogens with one attached hydrogen (secondary N) is 1. The molecule has 0 saturated heterocycles. The number of benzene rings is 2. The van der Waals surface area contributed by atoms with Gasteiger partial charge in [0.1, 0.15) is 5.82 Å². The lowest BCUT2D eigenvalue weighted by Gasteiger charge is -2.04. The van der Waals surface area contributed by atoms with E-state index in [2.05, 4.69) is 9.97 Å². The number of ketones is 1. The topological polar surface area (TPSA) is 69.5 Å². The van der Waals surface area contributed by atoms with E-state index in [0.29, 0.717) is 11.4 Å². The fraction of sp³-hybridized carbons (Fsp3) is 0.0625. The molecule has 1 atom stereocenters. The highest BCUT2D eigenvalue weighted by Gasteiger charge is 2.24. The number of rotatable bonds is 3. The molecule has 0 bridgehead atoms. The fourth-order valence-corrected chi connectivity index (χ4v) is 2.12. The Labute approximate surface area is 115 Å². The van der Waals surface area contributed by atoms with Gasteiger partial charge in [-0.1, -0.05) is 42.5 Å². The van der Waals surface area contributed by atoms with Crippen LogP contribution in [0.1, 0.15) is 22.1 Å². The molecule has 0 amide bonds. The molecule has 96 valence electrons. The summed E-state index contributed by atoms with van der Waals surface area (Å²) in [6.07, 6.45) is 0. The minimum atomic E-state index is -0.912. The Balaban J connectivity index is 2.02. The van der Waals surface area contributed by atoms with E-state index in [1.54, 1.807) is 24.3 Å². The Bertz CT molecular complexity index is 766. The molecule has 1 N–H and O–H groups in total. The third kappa shape index (κ3) is 2.06. The van der Waals surface area contributed by atoms with Gasteiger partial charge in [0, 0.05) is 5.56 Å². The van der Waals surface area contributed by atoms with E-state index in [0.717, 1.165) is 11.0 Å². The summed E-state index contributed by atoms with van der Waals surface area (Å²) in [7, 11) is 0. The molecule has 0 spiro atoms. The minimum Gasteiger partial charge on any atom is -0.340 e. The maximum atomic E-state index is 12.4. The number of hydrogen-bond donors (Lipinski definition) is 1. The SMILES string of the molecule is N#C[C@@H](C(=O)c1ccccc1)c1nc2ccccc2[nH]1. The molecule has 0 aliphatic heterocycles. The molecule has 2 aromatic carbocycles. The van der Waals surface area contributed by atoms with Gasteiger partial charge in [-0.05, 0) is 12.1 Å². The monoisotopic (exact) mass is 261 g/mol. The lowest BCUT2D eigenvalue weighted by molar-refractivity contribution is 0.0976. The second-order valence-electron chi connectivity index (χ2n) is 4.43. The van der Waals surface area contributed by atoms with Crippen molar-refractivity contribution in [2.45, 2.75) is 5.92 Å². The van der Waals surface area contributed by atoms with Crippen molar-refractivity contribution < 1.29 is 4.79 Å². The van der Waals surface area contributed by atoms with Crippen molar-refractivity contribution in [3.8, 4) is 6.07 Å². The molecule has 0 fully saturated rings. The fourth-order valence-electron chi connectivity index (χ4n) is 2.12. The summed E-state index contributed by atoms with van der Waals surface area (Å²) in [6, 6.07) is 18.3. The standard InChI is InChI=1S/C16H11N3O/c17-10-12(15(20)11-6-2-1-3-7-11)16-18-13-8-4-5-9-14(13)19-16/h1-9,12H,(H,18,19)/t12-/m0/s1. The maximum Gasteiger partial charge on any atom is 0.187 e. The number of imidazole rings is 1. The molecule has 0 aliphatic carbocycles. The van der Waals surface area contributed by atoms with E-state index >= 15 is 0 Å². The molecule has 0 radical (unpaired) electrons. The van der Waals surface area contributed by atoms with Crippen LogP contribution in [0.15, 0.2) is 54.6 Å². The number of nitriles is 1. The normalized spacial score (nSPS) is 11.9. The Morgan fingerprint density at radius 3 is 2.50 bits per heavy atom. The minimum absolute atomic E-state index is 0.243. The van der Waals surface area contributed by atoms with Gasteiger partial charge in [-0.3, -0.25) is 4.79 Å². The first-order chi connectivity index (χ1) is 9.79. The van der Waals surface area contributed by atoms with Crippen molar-refractivity contribution in [1.29, 1.82) is 5.26 Å². The number of aromatic amines is 1. The number of aromatic nitrogens is 2. The van der Waals surface area contributed by atoms with Gasteiger partial charge in [0.2, 0.25) is 0 Å². The smallest absolute Gasteiger partial charge is 0.187 e. The Morgan fingerprint density at radius 2 is 1.80 bits per heavy atom. The highest BCUT2D eigenvalue weighted by atomic mass is 16.1. The van der Waals surface area contributed by atoms with E-state index in [-0.39, 0.29) is 5.78 Å². The number of H-pyrrole nitrogens is 1. The van der Waals surface area contributed by atoms with E-state index in [4.69, 9.17) is 0 Å². The van der Waals surface area contributed by atoms with Gasteiger partial charge in [0.05, 0.1) is 17.1 Å². The number of fused-ring (bicyclic) bond motifs is 1. The van der Waals surface area contributed by atoms with E-state index in [1.807, 2.05) is 36.4 Å². The molecule has 1 aromatic heterocycles. The van der Waals surface area contributed by atoms with Crippen LogP contribution in [0.3, 0.4) is 0 Å². The zero-order valence-electron chi connectivity index (χ0n) is 10.6. The van der Waals surface area contributed by atoms with Crippen molar-refractivity contribution in [3.63, 3.8) is 0 Å². The Hall–Kier alpha value is -2.93. The van der Waals surface area contributed by atoms with E-state index in [9.17, 15) is 10.1 Å². The third-order valence-corrected chi connectivity index (χ3v) is 3.13. The van der Waals surface area contributed by atoms with Crippen molar-refractivity contribution in [1.82, 2.24) is 9.97 Å². The quantitative estimate of drug-likeness (QED) is 0.737. The summed E-state index contributed by atoms with van der Waals surface area (Å²) in [5.41, 5.74) is 2.09. The van der Waals surface area contributed by atoms with Gasteiger partial charge in [-0.2, -0.15) is 5.26 Å². The second-order valence-corrected chi connectivity index (χ2v) is 4.43. The van der Waals surface area contributed by atoms with Crippen LogP contribution in [0.5, 0.6) is 0 Å². The highest BCUT2D eigenvalue weighted by Crippen LogP contribution is 2.21. The molecular weight excluding hydrogens is 250 g/mol. The first kappa shape index (κ1) is 12.1.